The van der Waals surface area contributed by atoms with Crippen LogP contribution in [0.15, 0.2) is 29.3 Å². The number of rotatable bonds is 12. The van der Waals surface area contributed by atoms with Crippen LogP contribution in [0.1, 0.15) is 24.8 Å². The summed E-state index contributed by atoms with van der Waals surface area (Å²) in [7, 11) is 3.45. The number of aliphatic imine (C=N–C) groups is 1. The van der Waals surface area contributed by atoms with E-state index in [0.29, 0.717) is 25.7 Å². The van der Waals surface area contributed by atoms with Gasteiger partial charge in [-0.15, -0.1) is 24.0 Å². The number of hydrogen-bond acceptors (Lipinski definition) is 5. The first-order chi connectivity index (χ1) is 13.8. The van der Waals surface area contributed by atoms with Gasteiger partial charge >= 0.3 is 0 Å². The first-order valence-electron chi connectivity index (χ1n) is 10.1. The Morgan fingerprint density at radius 1 is 1.10 bits per heavy atom. The third kappa shape index (κ3) is 11.6. The highest BCUT2D eigenvalue weighted by Crippen LogP contribution is 2.14. The zero-order valence-corrected chi connectivity index (χ0v) is 20.0. The molecule has 1 aliphatic heterocycles. The predicted octanol–water partition coefficient (Wildman–Crippen LogP) is 2.83. The number of ether oxygens (including phenoxy) is 4. The van der Waals surface area contributed by atoms with Crippen LogP contribution in [0.3, 0.4) is 0 Å². The number of halogens is 1. The first-order valence-corrected chi connectivity index (χ1v) is 10.1. The molecule has 0 aromatic heterocycles. The van der Waals surface area contributed by atoms with E-state index in [4.69, 9.17) is 18.9 Å². The molecule has 0 spiro atoms. The van der Waals surface area contributed by atoms with Crippen molar-refractivity contribution in [1.29, 1.82) is 0 Å². The average molecular weight is 521 g/mol. The van der Waals surface area contributed by atoms with E-state index >= 15 is 0 Å². The van der Waals surface area contributed by atoms with Gasteiger partial charge in [-0.3, -0.25) is 4.99 Å². The minimum Gasteiger partial charge on any atom is -0.491 e. The smallest absolute Gasteiger partial charge is 0.191 e. The van der Waals surface area contributed by atoms with Crippen LogP contribution >= 0.6 is 24.0 Å². The Balaban J connectivity index is 0.00000420. The van der Waals surface area contributed by atoms with E-state index in [1.807, 2.05) is 24.3 Å². The van der Waals surface area contributed by atoms with E-state index in [1.54, 1.807) is 14.2 Å². The normalized spacial score (nSPS) is 14.9. The Labute approximate surface area is 191 Å². The van der Waals surface area contributed by atoms with E-state index in [-0.39, 0.29) is 24.0 Å². The Bertz CT molecular complexity index is 551. The molecule has 166 valence electrons. The molecule has 29 heavy (non-hydrogen) atoms. The summed E-state index contributed by atoms with van der Waals surface area (Å²) in [6, 6.07) is 8.04. The van der Waals surface area contributed by atoms with Crippen LogP contribution in [0.5, 0.6) is 5.75 Å². The summed E-state index contributed by atoms with van der Waals surface area (Å²) in [4.78, 5) is 4.26. The molecule has 0 radical (unpaired) electrons. The number of hydrogen-bond donors (Lipinski definition) is 2. The van der Waals surface area contributed by atoms with E-state index < -0.39 is 0 Å². The molecule has 0 bridgehead atoms. The van der Waals surface area contributed by atoms with Crippen molar-refractivity contribution in [1.82, 2.24) is 10.6 Å². The van der Waals surface area contributed by atoms with Crippen LogP contribution in [0.2, 0.25) is 0 Å². The van der Waals surface area contributed by atoms with Crippen molar-refractivity contribution in [3.05, 3.63) is 29.8 Å². The summed E-state index contributed by atoms with van der Waals surface area (Å²) >= 11 is 0. The van der Waals surface area contributed by atoms with Crippen molar-refractivity contribution >= 4 is 29.9 Å². The van der Waals surface area contributed by atoms with Gasteiger partial charge in [-0.25, -0.2) is 0 Å². The second-order valence-corrected chi connectivity index (χ2v) is 6.82. The third-order valence-electron chi connectivity index (χ3n) is 4.62. The van der Waals surface area contributed by atoms with Crippen molar-refractivity contribution in [3.8, 4) is 5.75 Å². The molecule has 1 heterocycles. The largest absolute Gasteiger partial charge is 0.491 e. The lowest BCUT2D eigenvalue weighted by Crippen LogP contribution is -2.37. The lowest BCUT2D eigenvalue weighted by Gasteiger charge is -2.21. The van der Waals surface area contributed by atoms with Crippen LogP contribution in [-0.2, 0) is 20.8 Å². The Morgan fingerprint density at radius 3 is 2.55 bits per heavy atom. The minimum absolute atomic E-state index is 0. The second-order valence-electron chi connectivity index (χ2n) is 6.82. The first kappa shape index (κ1) is 25.9. The van der Waals surface area contributed by atoms with Gasteiger partial charge in [0.1, 0.15) is 12.4 Å². The van der Waals surface area contributed by atoms with E-state index in [9.17, 15) is 0 Å². The molecule has 2 N–H and O–H groups in total. The number of guanidine groups is 1. The standard InChI is InChI=1S/C21H35N3O4.HI/c1-22-21(23-10-3-11-27-17-19-8-12-26-13-9-19)24-16-18-4-6-20(7-5-18)28-15-14-25-2;/h4-7,19H,3,8-17H2,1-2H3,(H2,22,23,24);1H. The highest BCUT2D eigenvalue weighted by atomic mass is 127. The second kappa shape index (κ2) is 16.7. The van der Waals surface area contributed by atoms with Gasteiger partial charge in [-0.2, -0.15) is 0 Å². The monoisotopic (exact) mass is 521 g/mol. The fraction of sp³-hybridized carbons (Fsp3) is 0.667. The van der Waals surface area contributed by atoms with Crippen molar-refractivity contribution in [2.45, 2.75) is 25.8 Å². The molecule has 1 aliphatic rings. The Hall–Kier alpha value is -1.10. The zero-order valence-electron chi connectivity index (χ0n) is 17.7. The topological polar surface area (TPSA) is 73.3 Å². The molecule has 0 saturated carbocycles. The highest BCUT2D eigenvalue weighted by Gasteiger charge is 2.13. The van der Waals surface area contributed by atoms with Crippen LogP contribution < -0.4 is 15.4 Å². The van der Waals surface area contributed by atoms with Crippen LogP contribution in [-0.4, -0.2) is 66.3 Å². The van der Waals surface area contributed by atoms with Crippen molar-refractivity contribution < 1.29 is 18.9 Å². The van der Waals surface area contributed by atoms with Gasteiger partial charge in [0.2, 0.25) is 0 Å². The van der Waals surface area contributed by atoms with Gasteiger partial charge in [0.15, 0.2) is 5.96 Å². The van der Waals surface area contributed by atoms with Crippen LogP contribution in [0.25, 0.3) is 0 Å². The van der Waals surface area contributed by atoms with Gasteiger partial charge < -0.3 is 29.6 Å². The third-order valence-corrected chi connectivity index (χ3v) is 4.62. The molecule has 0 atom stereocenters. The maximum Gasteiger partial charge on any atom is 0.191 e. The average Bonchev–Trinajstić information content (AvgIpc) is 2.74. The fourth-order valence-electron chi connectivity index (χ4n) is 2.90. The molecule has 0 aliphatic carbocycles. The zero-order chi connectivity index (χ0) is 19.9. The molecule has 8 heteroatoms. The molecular weight excluding hydrogens is 485 g/mol. The summed E-state index contributed by atoms with van der Waals surface area (Å²) in [5, 5.41) is 6.65. The van der Waals surface area contributed by atoms with Crippen molar-refractivity contribution in [2.24, 2.45) is 10.9 Å². The molecule has 0 amide bonds. The van der Waals surface area contributed by atoms with E-state index in [2.05, 4.69) is 15.6 Å². The number of methoxy groups -OCH3 is 1. The molecule has 2 rings (SSSR count). The molecule has 1 aromatic rings. The summed E-state index contributed by atoms with van der Waals surface area (Å²) in [6.07, 6.45) is 3.20. The van der Waals surface area contributed by atoms with Gasteiger partial charge in [0, 0.05) is 53.7 Å². The summed E-state index contributed by atoms with van der Waals surface area (Å²) in [6.45, 7) is 6.06. The van der Waals surface area contributed by atoms with Crippen molar-refractivity contribution in [2.75, 3.05) is 60.3 Å². The SMILES string of the molecule is CN=C(NCCCOCC1CCOCC1)NCc1ccc(OCCOC)cc1.I. The predicted molar refractivity (Wildman–Crippen MR) is 126 cm³/mol. The van der Waals surface area contributed by atoms with Crippen LogP contribution in [0.4, 0.5) is 0 Å². The van der Waals surface area contributed by atoms with E-state index in [1.165, 1.54) is 5.56 Å². The number of nitrogens with zero attached hydrogens (tertiary/aromatic N) is 1. The van der Waals surface area contributed by atoms with Crippen LogP contribution in [0, 0.1) is 5.92 Å². The minimum atomic E-state index is 0. The Morgan fingerprint density at radius 2 is 1.86 bits per heavy atom. The lowest BCUT2D eigenvalue weighted by atomic mass is 10.0. The van der Waals surface area contributed by atoms with Gasteiger partial charge in [-0.1, -0.05) is 12.1 Å². The molecule has 1 saturated heterocycles. The fourth-order valence-corrected chi connectivity index (χ4v) is 2.90. The highest BCUT2D eigenvalue weighted by molar-refractivity contribution is 14.0. The summed E-state index contributed by atoms with van der Waals surface area (Å²) < 4.78 is 21.7. The number of benzene rings is 1. The lowest BCUT2D eigenvalue weighted by molar-refractivity contribution is 0.0203. The van der Waals surface area contributed by atoms with Gasteiger partial charge in [-0.05, 0) is 42.9 Å². The summed E-state index contributed by atoms with van der Waals surface area (Å²) in [5.74, 6) is 2.31. The van der Waals surface area contributed by atoms with Gasteiger partial charge in [0.05, 0.1) is 6.61 Å². The molecule has 7 nitrogen and oxygen atoms in total. The maximum absolute atomic E-state index is 5.79. The molecule has 1 fully saturated rings. The van der Waals surface area contributed by atoms with E-state index in [0.717, 1.165) is 63.9 Å². The Kier molecular flexibility index (Phi) is 14.9. The quantitative estimate of drug-likeness (QED) is 0.191. The number of nitrogens with one attached hydrogen (secondary N) is 2. The van der Waals surface area contributed by atoms with Crippen molar-refractivity contribution in [3.63, 3.8) is 0 Å². The van der Waals surface area contributed by atoms with Gasteiger partial charge in [0.25, 0.3) is 0 Å². The molecule has 1 aromatic carbocycles. The summed E-state index contributed by atoms with van der Waals surface area (Å²) in [5.41, 5.74) is 1.17. The maximum atomic E-state index is 5.79. The molecule has 0 unspecified atom stereocenters. The molecular formula is C21H36IN3O4.